The van der Waals surface area contributed by atoms with E-state index in [0.717, 1.165) is 22.4 Å². The maximum Gasteiger partial charge on any atom is 0.254 e. The van der Waals surface area contributed by atoms with Gasteiger partial charge in [-0.2, -0.15) is 0 Å². The van der Waals surface area contributed by atoms with Crippen LogP contribution >= 0.6 is 23.2 Å². The van der Waals surface area contributed by atoms with Crippen molar-refractivity contribution >= 4 is 34.8 Å². The van der Waals surface area contributed by atoms with Crippen LogP contribution < -0.4 is 5.32 Å². The zero-order chi connectivity index (χ0) is 14.5. The van der Waals surface area contributed by atoms with Crippen molar-refractivity contribution in [1.82, 2.24) is 0 Å². The first kappa shape index (κ1) is 13.5. The van der Waals surface area contributed by atoms with Crippen LogP contribution in [0, 0.1) is 13.8 Å². The number of halogens is 2. The largest absolute Gasteiger partial charge is 0.324 e. The third-order valence-corrected chi connectivity index (χ3v) is 4.72. The van der Waals surface area contributed by atoms with Gasteiger partial charge in [0.05, 0.1) is 0 Å². The minimum Gasteiger partial charge on any atom is -0.324 e. The van der Waals surface area contributed by atoms with Crippen molar-refractivity contribution in [2.75, 3.05) is 5.32 Å². The van der Waals surface area contributed by atoms with Crippen molar-refractivity contribution in [2.24, 2.45) is 0 Å². The van der Waals surface area contributed by atoms with Gasteiger partial charge in [0.1, 0.15) is 0 Å². The minimum atomic E-state index is -1.26. The van der Waals surface area contributed by atoms with Crippen molar-refractivity contribution in [3.8, 4) is 0 Å². The number of hydrogen-bond donors (Lipinski definition) is 1. The molecule has 0 aliphatic carbocycles. The molecule has 1 N–H and O–H groups in total. The molecule has 1 unspecified atom stereocenters. The van der Waals surface area contributed by atoms with Gasteiger partial charge < -0.3 is 5.32 Å². The summed E-state index contributed by atoms with van der Waals surface area (Å²) in [7, 11) is 0. The Bertz CT molecular complexity index is 726. The monoisotopic (exact) mass is 305 g/mol. The van der Waals surface area contributed by atoms with Crippen LogP contribution in [0.4, 0.5) is 5.69 Å². The number of anilines is 1. The van der Waals surface area contributed by atoms with Gasteiger partial charge in [-0.3, -0.25) is 4.79 Å². The van der Waals surface area contributed by atoms with Gasteiger partial charge in [-0.1, -0.05) is 47.5 Å². The molecule has 0 spiro atoms. The minimum absolute atomic E-state index is 0.257. The molecule has 0 bridgehead atoms. The van der Waals surface area contributed by atoms with Gasteiger partial charge in [0, 0.05) is 21.8 Å². The molecule has 1 aliphatic heterocycles. The van der Waals surface area contributed by atoms with Gasteiger partial charge in [-0.25, -0.2) is 0 Å². The first-order chi connectivity index (χ1) is 9.44. The predicted molar refractivity (Wildman–Crippen MR) is 82.6 cm³/mol. The van der Waals surface area contributed by atoms with Crippen molar-refractivity contribution in [3.63, 3.8) is 0 Å². The standard InChI is InChI=1S/C16H13Cl2NO/c1-9-7-12-14(8-10(9)2)19-15(20)16(12,18)11-5-3-4-6-13(11)17/h3-8H,1-2H3,(H,19,20). The van der Waals surface area contributed by atoms with E-state index in [1.807, 2.05) is 38.1 Å². The molecule has 0 saturated carbocycles. The van der Waals surface area contributed by atoms with E-state index < -0.39 is 4.87 Å². The lowest BCUT2D eigenvalue weighted by atomic mass is 9.89. The molecule has 1 atom stereocenters. The number of carbonyl (C=O) groups is 1. The van der Waals surface area contributed by atoms with Gasteiger partial charge >= 0.3 is 0 Å². The molecular formula is C16H13Cl2NO. The van der Waals surface area contributed by atoms with Crippen LogP contribution in [0.25, 0.3) is 0 Å². The first-order valence-electron chi connectivity index (χ1n) is 6.31. The Hall–Kier alpha value is -1.51. The Balaban J connectivity index is 2.29. The topological polar surface area (TPSA) is 29.1 Å². The summed E-state index contributed by atoms with van der Waals surface area (Å²) in [6.07, 6.45) is 0. The van der Waals surface area contributed by atoms with Gasteiger partial charge in [0.25, 0.3) is 5.91 Å². The lowest BCUT2D eigenvalue weighted by Crippen LogP contribution is -2.30. The molecule has 3 rings (SSSR count). The predicted octanol–water partition coefficient (Wildman–Crippen LogP) is 4.39. The quantitative estimate of drug-likeness (QED) is 0.778. The van der Waals surface area contributed by atoms with E-state index in [-0.39, 0.29) is 5.91 Å². The van der Waals surface area contributed by atoms with Crippen molar-refractivity contribution in [2.45, 2.75) is 18.7 Å². The summed E-state index contributed by atoms with van der Waals surface area (Å²) in [6.45, 7) is 4.01. The second-order valence-corrected chi connectivity index (χ2v) is 6.05. The summed E-state index contributed by atoms with van der Waals surface area (Å²) in [6, 6.07) is 11.1. The molecule has 1 heterocycles. The molecule has 0 aromatic heterocycles. The third kappa shape index (κ3) is 1.75. The van der Waals surface area contributed by atoms with Crippen molar-refractivity contribution < 1.29 is 4.79 Å². The van der Waals surface area contributed by atoms with Gasteiger partial charge in [0.2, 0.25) is 0 Å². The summed E-state index contributed by atoms with van der Waals surface area (Å²) < 4.78 is 0. The highest BCUT2D eigenvalue weighted by molar-refractivity contribution is 6.43. The molecule has 102 valence electrons. The SMILES string of the molecule is Cc1cc2c(cc1C)C(Cl)(c1ccccc1Cl)C(=O)N2. The summed E-state index contributed by atoms with van der Waals surface area (Å²) in [5, 5.41) is 3.34. The summed E-state index contributed by atoms with van der Waals surface area (Å²) in [4.78, 5) is 11.2. The van der Waals surface area contributed by atoms with E-state index in [1.165, 1.54) is 0 Å². The number of benzene rings is 2. The Labute approximate surface area is 127 Å². The van der Waals surface area contributed by atoms with E-state index in [2.05, 4.69) is 5.32 Å². The second-order valence-electron chi connectivity index (χ2n) is 5.07. The number of rotatable bonds is 1. The fraction of sp³-hybridized carbons (Fsp3) is 0.188. The van der Waals surface area contributed by atoms with E-state index in [9.17, 15) is 4.79 Å². The van der Waals surface area contributed by atoms with Crippen molar-refractivity contribution in [3.05, 3.63) is 63.7 Å². The zero-order valence-electron chi connectivity index (χ0n) is 11.1. The third-order valence-electron chi connectivity index (χ3n) is 3.81. The lowest BCUT2D eigenvalue weighted by molar-refractivity contribution is -0.117. The Kier molecular flexibility index (Phi) is 3.03. The fourth-order valence-corrected chi connectivity index (χ4v) is 3.24. The Morgan fingerprint density at radius 1 is 1.05 bits per heavy atom. The molecule has 0 saturated heterocycles. The zero-order valence-corrected chi connectivity index (χ0v) is 12.6. The van der Waals surface area contributed by atoms with Crippen molar-refractivity contribution in [1.29, 1.82) is 0 Å². The Morgan fingerprint density at radius 3 is 2.40 bits per heavy atom. The lowest BCUT2D eigenvalue weighted by Gasteiger charge is -2.22. The number of alkyl halides is 1. The van der Waals surface area contributed by atoms with Crippen LogP contribution in [0.2, 0.25) is 5.02 Å². The van der Waals surface area contributed by atoms with Crippen LogP contribution in [-0.2, 0) is 9.67 Å². The highest BCUT2D eigenvalue weighted by atomic mass is 35.5. The number of nitrogens with one attached hydrogen (secondary N) is 1. The maximum atomic E-state index is 12.4. The number of fused-ring (bicyclic) bond motifs is 1. The molecule has 1 aliphatic rings. The van der Waals surface area contributed by atoms with Crippen LogP contribution in [0.3, 0.4) is 0 Å². The molecule has 2 aromatic rings. The molecular weight excluding hydrogens is 293 g/mol. The maximum absolute atomic E-state index is 12.4. The van der Waals surface area contributed by atoms with Crippen LogP contribution in [0.15, 0.2) is 36.4 Å². The number of amides is 1. The average Bonchev–Trinajstić information content (AvgIpc) is 2.64. The van der Waals surface area contributed by atoms with Gasteiger partial charge in [-0.15, -0.1) is 0 Å². The van der Waals surface area contributed by atoms with E-state index in [4.69, 9.17) is 23.2 Å². The molecule has 4 heteroatoms. The average molecular weight is 306 g/mol. The van der Waals surface area contributed by atoms with E-state index in [0.29, 0.717) is 10.6 Å². The van der Waals surface area contributed by atoms with Crippen LogP contribution in [-0.4, -0.2) is 5.91 Å². The van der Waals surface area contributed by atoms with Gasteiger partial charge in [0.15, 0.2) is 4.87 Å². The fourth-order valence-electron chi connectivity index (χ4n) is 2.54. The summed E-state index contributed by atoms with van der Waals surface area (Å²) in [5.74, 6) is -0.257. The molecule has 2 aromatic carbocycles. The number of hydrogen-bond acceptors (Lipinski definition) is 1. The van der Waals surface area contributed by atoms with Crippen LogP contribution in [0.1, 0.15) is 22.3 Å². The normalized spacial score (nSPS) is 20.7. The molecule has 0 fully saturated rings. The molecule has 2 nitrogen and oxygen atoms in total. The van der Waals surface area contributed by atoms with E-state index in [1.54, 1.807) is 12.1 Å². The van der Waals surface area contributed by atoms with Gasteiger partial charge in [-0.05, 0) is 37.1 Å². The Morgan fingerprint density at radius 2 is 1.70 bits per heavy atom. The van der Waals surface area contributed by atoms with E-state index >= 15 is 0 Å². The van der Waals surface area contributed by atoms with Crippen LogP contribution in [0.5, 0.6) is 0 Å². The summed E-state index contributed by atoms with van der Waals surface area (Å²) >= 11 is 12.9. The first-order valence-corrected chi connectivity index (χ1v) is 7.07. The number of carbonyl (C=O) groups excluding carboxylic acids is 1. The highest BCUT2D eigenvalue weighted by Crippen LogP contribution is 2.48. The smallest absolute Gasteiger partial charge is 0.254 e. The second kappa shape index (κ2) is 4.51. The molecule has 1 amide bonds. The summed E-state index contributed by atoms with van der Waals surface area (Å²) in [5.41, 5.74) is 4.35. The molecule has 20 heavy (non-hydrogen) atoms. The molecule has 0 radical (unpaired) electrons. The highest BCUT2D eigenvalue weighted by Gasteiger charge is 2.48. The number of aryl methyl sites for hydroxylation is 2.